The Bertz CT molecular complexity index is 5990. The Kier molecular flexibility index (Phi) is 40.1. The van der Waals surface area contributed by atoms with Crippen molar-refractivity contribution in [3.8, 4) is 0 Å². The Morgan fingerprint density at radius 1 is 0.378 bits per heavy atom. The van der Waals surface area contributed by atoms with Crippen molar-refractivity contribution in [2.45, 2.75) is 94.1 Å². The highest BCUT2D eigenvalue weighted by molar-refractivity contribution is 9.12. The number of thiophene rings is 6. The number of rotatable bonds is 18. The number of isocyanates is 1. The molecule has 6 amide bonds. The zero-order valence-corrected chi connectivity index (χ0v) is 93.2. The van der Waals surface area contributed by atoms with E-state index in [1.165, 1.54) is 88.8 Å². The molecule has 9 heterocycles. The number of nitrogens with one attached hydrogen (secondary N) is 1. The maximum Gasteiger partial charge on any atom is 0.332 e. The van der Waals surface area contributed by atoms with Crippen molar-refractivity contribution in [1.29, 1.82) is 0 Å². The van der Waals surface area contributed by atoms with E-state index in [0.29, 0.717) is 29.2 Å². The van der Waals surface area contributed by atoms with Gasteiger partial charge in [0.25, 0.3) is 0 Å². The third kappa shape index (κ3) is 27.0. The molecule has 6 aromatic heterocycles. The Morgan fingerprint density at radius 3 is 0.881 bits per heavy atom. The number of nitrogens with two attached hydrogens (primary N) is 1. The number of hydrogen-bond acceptors (Lipinski definition) is 19. The summed E-state index contributed by atoms with van der Waals surface area (Å²) in [4.78, 5) is 102. The van der Waals surface area contributed by atoms with Crippen LogP contribution in [0.15, 0.2) is 369 Å². The minimum atomic E-state index is -1.47. The smallest absolute Gasteiger partial charge is 0.332 e. The summed E-state index contributed by atoms with van der Waals surface area (Å²) in [6.45, 7) is 11.2. The van der Waals surface area contributed by atoms with E-state index < -0.39 is 35.3 Å². The standard InChI is InChI=1S/3C20H16Br2N2O2S.C13H12BrNOS.C7H4BrNO.C7H7BrOS.C7H8OS.C6H6BrN/c3*1-13-20(26,18-3-2-12-27-18)24(17-10-6-15(22)7-11-17)19(25)23(13)16-8-4-14(21)5-9-16;1-9(13(16)12-3-2-8-17-12)15-11-6-4-10(14)5-7-11;8-6-1-3-7(4-2-6)9-5-10;1-5(8)7(9)6-3-2-4-10-6;1-2-6(8)7-4-3-5-9-7;7-5-1-3-6(8)4-2-5/h3*2-13,26H,1H3;2-9,15H,1H3;1-4H;2-5H,1H3;3-5H,2H2,1H3;1-4H,8H2/t2*13-,20?;;;;;;/m10....../s1. The van der Waals surface area contributed by atoms with Crippen molar-refractivity contribution >= 4 is 320 Å². The molecule has 3 aliphatic heterocycles. The van der Waals surface area contributed by atoms with E-state index in [0.717, 1.165) is 98.0 Å². The summed E-state index contributed by atoms with van der Waals surface area (Å²) in [5.74, 6) is 0.530. The molecule has 3 aliphatic rings. The number of nitrogens with zero attached hydrogens (tertiary/aromatic N) is 7. The fourth-order valence-corrected chi connectivity index (χ4v) is 21.7. The molecule has 696 valence electrons. The fraction of sp³-hybridized carbons (Fsp3) is 0.150. The van der Waals surface area contributed by atoms with Gasteiger partial charge < -0.3 is 26.4 Å². The topological polar surface area (TPSA) is 250 Å². The molecule has 9 aromatic carbocycles. The quantitative estimate of drug-likeness (QED) is 0.0177. The summed E-state index contributed by atoms with van der Waals surface area (Å²) < 4.78 is 8.60. The minimum absolute atomic E-state index is 0.0637. The number of amides is 6. The van der Waals surface area contributed by atoms with Crippen LogP contribution in [-0.4, -0.2) is 85.8 Å². The van der Waals surface area contributed by atoms with Crippen LogP contribution in [0.1, 0.15) is 91.6 Å². The molecule has 15 aromatic rings. The van der Waals surface area contributed by atoms with Crippen molar-refractivity contribution in [3.63, 3.8) is 0 Å². The van der Waals surface area contributed by atoms with Crippen LogP contribution in [0.25, 0.3) is 0 Å². The number of ketones is 3. The van der Waals surface area contributed by atoms with Crippen LogP contribution >= 0.6 is 227 Å². The minimum Gasteiger partial charge on any atom is -0.399 e. The molecule has 3 saturated heterocycles. The SMILES string of the molecule is CC(Br)C(=O)c1cccs1.CC(Nc1ccc(Br)cc1)C(=O)c1cccs1.CC1N(c2ccc(Br)cc2)C(=O)N(c2ccc(Br)cc2)C1(O)c1cccs1.CCC(=O)c1cccs1.C[C@@H]1N(c2ccc(Br)cc2)C(=O)N(c2ccc(Br)cc2)C1(O)c1cccs1.C[C@H]1N(c2ccc(Br)cc2)C(=O)N(c2ccc(Br)cc2)C1(O)c1cccs1.Nc1ccc(Br)cc1.O=C=Nc1ccc(Br)cc1. The average molecular weight is 2560 g/mol. The first kappa shape index (κ1) is 107. The van der Waals surface area contributed by atoms with E-state index in [1.54, 1.807) is 26.8 Å². The van der Waals surface area contributed by atoms with Gasteiger partial charge in [-0.25, -0.2) is 19.2 Å². The number of aliphatic imine (C=N–C) groups is 1. The van der Waals surface area contributed by atoms with E-state index in [9.17, 15) is 48.9 Å². The number of halogens is 10. The molecule has 0 aliphatic carbocycles. The Hall–Kier alpha value is -8.34. The fourth-order valence-electron chi connectivity index (χ4n) is 14.0. The first-order valence-electron chi connectivity index (χ1n) is 41.1. The van der Waals surface area contributed by atoms with Gasteiger partial charge in [0.15, 0.2) is 17.3 Å². The third-order valence-corrected chi connectivity index (χ3v) is 31.6. The molecule has 6 N–H and O–H groups in total. The molecule has 3 fully saturated rings. The summed E-state index contributed by atoms with van der Waals surface area (Å²) in [6.07, 6.45) is 2.07. The van der Waals surface area contributed by atoms with E-state index in [4.69, 9.17) is 5.73 Å². The number of Topliss-reactive ketones (excluding diaryl/α,β-unsaturated/α-hetero) is 3. The third-order valence-electron chi connectivity index (χ3n) is 20.8. The number of nitrogen functional groups attached to an aromatic ring is 1. The molecule has 6 unspecified atom stereocenters. The lowest BCUT2D eigenvalue weighted by Crippen LogP contribution is -2.47. The lowest BCUT2D eigenvalue weighted by molar-refractivity contribution is 0.0406. The van der Waals surface area contributed by atoms with E-state index >= 15 is 0 Å². The second-order valence-electron chi connectivity index (χ2n) is 29.6. The largest absolute Gasteiger partial charge is 0.399 e. The summed E-state index contributed by atoms with van der Waals surface area (Å²) >= 11 is 42.5. The van der Waals surface area contributed by atoms with Crippen LogP contribution in [0, 0.1) is 0 Å². The maximum absolute atomic E-state index is 13.5. The number of alkyl halides is 1. The molecule has 8 atom stereocenters. The number of carbonyl (C=O) groups excluding carboxylic acids is 7. The number of anilines is 8. The highest BCUT2D eigenvalue weighted by atomic mass is 79.9. The van der Waals surface area contributed by atoms with Crippen molar-refractivity contribution in [2.75, 3.05) is 40.4 Å². The van der Waals surface area contributed by atoms with Crippen molar-refractivity contribution in [1.82, 2.24) is 0 Å². The molecule has 135 heavy (non-hydrogen) atoms. The number of aliphatic hydroxyl groups is 3. The molecule has 0 bridgehead atoms. The Morgan fingerprint density at radius 2 is 0.630 bits per heavy atom. The zero-order valence-electron chi connectivity index (χ0n) is 72.4. The second kappa shape index (κ2) is 50.5. The van der Waals surface area contributed by atoms with Crippen LogP contribution in [0.4, 0.5) is 65.6 Å². The average Bonchev–Trinajstić information content (AvgIpc) is 1.57. The predicted molar refractivity (Wildman–Crippen MR) is 591 cm³/mol. The summed E-state index contributed by atoms with van der Waals surface area (Å²) in [5.41, 5.74) is 7.53. The molecule has 0 spiro atoms. The van der Waals surface area contributed by atoms with Gasteiger partial charge in [-0.15, -0.1) is 68.0 Å². The lowest BCUT2D eigenvalue weighted by Gasteiger charge is -2.34. The number of carbonyl (C=O) groups is 6. The second-order valence-corrected chi connectivity index (χ2v) is 44.9. The summed E-state index contributed by atoms with van der Waals surface area (Å²) in [5, 5.41) is 50.1. The van der Waals surface area contributed by atoms with Gasteiger partial charge in [0.2, 0.25) is 23.3 Å². The molecule has 19 nitrogen and oxygen atoms in total. The molecule has 0 radical (unpaired) electrons. The van der Waals surface area contributed by atoms with Gasteiger partial charge in [-0.05, 0) is 322 Å². The highest BCUT2D eigenvalue weighted by Gasteiger charge is 2.60. The first-order chi connectivity index (χ1) is 64.6. The predicted octanol–water partition coefficient (Wildman–Crippen LogP) is 31.6. The van der Waals surface area contributed by atoms with Gasteiger partial charge in [-0.2, -0.15) is 4.99 Å². The van der Waals surface area contributed by atoms with Crippen LogP contribution in [0.2, 0.25) is 0 Å². The van der Waals surface area contributed by atoms with E-state index in [1.807, 2.05) is 353 Å². The number of hydrogen-bond donors (Lipinski definition) is 5. The maximum atomic E-state index is 13.5. The van der Waals surface area contributed by atoms with Gasteiger partial charge in [0, 0.05) is 92.2 Å². The van der Waals surface area contributed by atoms with Crippen molar-refractivity contribution in [3.05, 3.63) is 393 Å². The van der Waals surface area contributed by atoms with Gasteiger partial charge in [-0.3, -0.25) is 43.8 Å². The van der Waals surface area contributed by atoms with Crippen molar-refractivity contribution < 1.29 is 48.9 Å². The van der Waals surface area contributed by atoms with Gasteiger partial charge in [0.1, 0.15) is 0 Å². The molecular weight excluding hydrogens is 2480 g/mol. The molecule has 18 rings (SSSR count). The molecule has 0 saturated carbocycles. The van der Waals surface area contributed by atoms with Crippen molar-refractivity contribution in [2.24, 2.45) is 4.99 Å². The zero-order chi connectivity index (χ0) is 97.4. The summed E-state index contributed by atoms with van der Waals surface area (Å²) in [6, 6.07) is 87.2. The molecular formula is C100H85Br10N9O10S6. The van der Waals surface area contributed by atoms with Gasteiger partial charge >= 0.3 is 18.1 Å². The lowest BCUT2D eigenvalue weighted by atomic mass is 10.0. The summed E-state index contributed by atoms with van der Waals surface area (Å²) in [7, 11) is 0. The molecule has 35 heteroatoms. The van der Waals surface area contributed by atoms with E-state index in [2.05, 4.69) is 170 Å². The van der Waals surface area contributed by atoms with Gasteiger partial charge in [-0.1, -0.05) is 203 Å². The number of benzene rings is 9. The Labute approximate surface area is 891 Å². The monoisotopic (exact) mass is 2550 g/mol. The Balaban J connectivity index is 0.000000155. The normalized spacial score (nSPS) is 17.8. The van der Waals surface area contributed by atoms with Crippen LogP contribution in [0.3, 0.4) is 0 Å². The van der Waals surface area contributed by atoms with Crippen LogP contribution < -0.4 is 40.4 Å². The first-order valence-corrected chi connectivity index (χ1v) is 54.4. The van der Waals surface area contributed by atoms with Gasteiger partial charge in [0.05, 0.1) is 63.9 Å². The van der Waals surface area contributed by atoms with E-state index in [-0.39, 0.29) is 46.3 Å². The van der Waals surface area contributed by atoms with Crippen LogP contribution in [0.5, 0.6) is 0 Å². The highest BCUT2D eigenvalue weighted by Crippen LogP contribution is 2.50. The number of urea groups is 3. The van der Waals surface area contributed by atoms with Crippen LogP contribution in [-0.2, 0) is 22.0 Å².